The van der Waals surface area contributed by atoms with Gasteiger partial charge in [0.05, 0.1) is 5.02 Å². The van der Waals surface area contributed by atoms with Gasteiger partial charge in [-0.3, -0.25) is 9.59 Å². The van der Waals surface area contributed by atoms with E-state index >= 15 is 0 Å². The summed E-state index contributed by atoms with van der Waals surface area (Å²) in [5.41, 5.74) is 1.00. The summed E-state index contributed by atoms with van der Waals surface area (Å²) in [6, 6.07) is 10.4. The van der Waals surface area contributed by atoms with Crippen molar-refractivity contribution in [2.75, 3.05) is 11.9 Å². The van der Waals surface area contributed by atoms with Crippen molar-refractivity contribution >= 4 is 29.0 Å². The molecule has 2 rings (SSSR count). The fraction of sp³-hybridized carbons (Fsp3) is 0.125. The monoisotopic (exact) mass is 321 g/mol. The molecule has 1 N–H and O–H groups in total. The molecule has 6 heteroatoms. The zero-order valence-electron chi connectivity index (χ0n) is 11.7. The number of ether oxygens (including phenoxy) is 1. The van der Waals surface area contributed by atoms with Crippen molar-refractivity contribution in [1.82, 2.24) is 0 Å². The Labute approximate surface area is 131 Å². The predicted octanol–water partition coefficient (Wildman–Crippen LogP) is 3.70. The molecule has 0 atom stereocenters. The molecule has 0 spiro atoms. The van der Waals surface area contributed by atoms with Gasteiger partial charge in [0.2, 0.25) is 0 Å². The predicted molar refractivity (Wildman–Crippen MR) is 82.0 cm³/mol. The van der Waals surface area contributed by atoms with E-state index in [2.05, 4.69) is 5.32 Å². The first-order chi connectivity index (χ1) is 10.5. The second-order valence-corrected chi connectivity index (χ2v) is 4.96. The summed E-state index contributed by atoms with van der Waals surface area (Å²) in [4.78, 5) is 23.1. The summed E-state index contributed by atoms with van der Waals surface area (Å²) >= 11 is 5.62. The van der Waals surface area contributed by atoms with E-state index < -0.39 is 11.7 Å². The Hall–Kier alpha value is -2.40. The van der Waals surface area contributed by atoms with E-state index in [4.69, 9.17) is 16.3 Å². The number of nitrogens with one attached hydrogen (secondary N) is 1. The minimum Gasteiger partial charge on any atom is -0.484 e. The number of benzene rings is 2. The molecule has 114 valence electrons. The minimum atomic E-state index is -0.556. The van der Waals surface area contributed by atoms with Crippen LogP contribution >= 0.6 is 11.6 Å². The van der Waals surface area contributed by atoms with Crippen LogP contribution in [-0.4, -0.2) is 18.3 Å². The van der Waals surface area contributed by atoms with Gasteiger partial charge >= 0.3 is 0 Å². The van der Waals surface area contributed by atoms with Gasteiger partial charge in [0.25, 0.3) is 5.91 Å². The Morgan fingerprint density at radius 2 is 2.00 bits per heavy atom. The number of rotatable bonds is 5. The first-order valence-corrected chi connectivity index (χ1v) is 6.82. The van der Waals surface area contributed by atoms with E-state index in [1.165, 1.54) is 19.1 Å². The van der Waals surface area contributed by atoms with Crippen LogP contribution < -0.4 is 10.1 Å². The summed E-state index contributed by atoms with van der Waals surface area (Å²) < 4.78 is 18.2. The number of anilines is 1. The average Bonchev–Trinajstić information content (AvgIpc) is 2.49. The van der Waals surface area contributed by atoms with Crippen LogP contribution in [0.3, 0.4) is 0 Å². The molecule has 0 aliphatic heterocycles. The first kappa shape index (κ1) is 16.0. The number of Topliss-reactive ketones (excluding diaryl/α,β-unsaturated/α-hetero) is 1. The van der Waals surface area contributed by atoms with Crippen LogP contribution in [0.15, 0.2) is 42.5 Å². The van der Waals surface area contributed by atoms with Crippen molar-refractivity contribution < 1.29 is 18.7 Å². The molecule has 0 fully saturated rings. The fourth-order valence-corrected chi connectivity index (χ4v) is 1.90. The largest absolute Gasteiger partial charge is 0.484 e. The van der Waals surface area contributed by atoms with Crippen molar-refractivity contribution in [2.45, 2.75) is 6.92 Å². The standard InChI is InChI=1S/C16H13ClFNO3/c1-10(20)11-3-2-4-12(7-11)19-16(21)9-22-13-5-6-15(18)14(17)8-13/h2-8H,9H2,1H3,(H,19,21). The number of amides is 1. The van der Waals surface area contributed by atoms with Crippen LogP contribution in [0.4, 0.5) is 10.1 Å². The van der Waals surface area contributed by atoms with Gasteiger partial charge in [0.15, 0.2) is 12.4 Å². The molecule has 2 aromatic rings. The van der Waals surface area contributed by atoms with Gasteiger partial charge in [-0.05, 0) is 31.2 Å². The first-order valence-electron chi connectivity index (χ1n) is 6.44. The number of halogens is 2. The third-order valence-corrected chi connectivity index (χ3v) is 3.10. The van der Waals surface area contributed by atoms with Crippen LogP contribution in [0.25, 0.3) is 0 Å². The molecule has 22 heavy (non-hydrogen) atoms. The summed E-state index contributed by atoms with van der Waals surface area (Å²) in [5.74, 6) is -0.756. The van der Waals surface area contributed by atoms with E-state index in [-0.39, 0.29) is 17.4 Å². The van der Waals surface area contributed by atoms with Gasteiger partial charge < -0.3 is 10.1 Å². The molecule has 1 amide bonds. The number of hydrogen-bond donors (Lipinski definition) is 1. The maximum atomic E-state index is 13.0. The molecule has 0 saturated carbocycles. The van der Waals surface area contributed by atoms with Gasteiger partial charge in [-0.25, -0.2) is 4.39 Å². The second-order valence-electron chi connectivity index (χ2n) is 4.55. The van der Waals surface area contributed by atoms with Crippen LogP contribution in [0.5, 0.6) is 5.75 Å². The molecule has 2 aromatic carbocycles. The molecular formula is C16H13ClFNO3. The summed E-state index contributed by atoms with van der Waals surface area (Å²) in [7, 11) is 0. The summed E-state index contributed by atoms with van der Waals surface area (Å²) in [6.45, 7) is 1.19. The van der Waals surface area contributed by atoms with Crippen molar-refractivity contribution in [3.05, 3.63) is 58.9 Å². The third kappa shape index (κ3) is 4.30. The van der Waals surface area contributed by atoms with E-state index in [1.807, 2.05) is 0 Å². The topological polar surface area (TPSA) is 55.4 Å². The lowest BCUT2D eigenvalue weighted by Crippen LogP contribution is -2.20. The number of hydrogen-bond acceptors (Lipinski definition) is 3. The van der Waals surface area contributed by atoms with Crippen molar-refractivity contribution in [2.24, 2.45) is 0 Å². The van der Waals surface area contributed by atoms with Crippen molar-refractivity contribution in [3.63, 3.8) is 0 Å². The van der Waals surface area contributed by atoms with E-state index in [0.717, 1.165) is 6.07 Å². The molecule has 0 aliphatic rings. The highest BCUT2D eigenvalue weighted by Crippen LogP contribution is 2.21. The summed E-state index contributed by atoms with van der Waals surface area (Å²) in [6.07, 6.45) is 0. The molecule has 0 aromatic heterocycles. The van der Waals surface area contributed by atoms with Crippen molar-refractivity contribution in [3.8, 4) is 5.75 Å². The Balaban J connectivity index is 1.94. The van der Waals surface area contributed by atoms with Crippen LogP contribution in [0.2, 0.25) is 5.02 Å². The number of carbonyl (C=O) groups is 2. The molecule has 0 unspecified atom stereocenters. The van der Waals surface area contributed by atoms with Gasteiger partial charge in [0, 0.05) is 17.3 Å². The maximum Gasteiger partial charge on any atom is 0.262 e. The minimum absolute atomic E-state index is 0.0768. The lowest BCUT2D eigenvalue weighted by atomic mass is 10.1. The molecular weight excluding hydrogens is 309 g/mol. The van der Waals surface area contributed by atoms with Crippen LogP contribution in [0, 0.1) is 5.82 Å². The maximum absolute atomic E-state index is 13.0. The van der Waals surface area contributed by atoms with E-state index in [0.29, 0.717) is 17.0 Å². The van der Waals surface area contributed by atoms with Gasteiger partial charge in [0.1, 0.15) is 11.6 Å². The van der Waals surface area contributed by atoms with Gasteiger partial charge in [-0.15, -0.1) is 0 Å². The van der Waals surface area contributed by atoms with E-state index in [1.54, 1.807) is 24.3 Å². The molecule has 0 heterocycles. The Morgan fingerprint density at radius 1 is 1.23 bits per heavy atom. The Morgan fingerprint density at radius 3 is 2.68 bits per heavy atom. The fourth-order valence-electron chi connectivity index (χ4n) is 1.73. The third-order valence-electron chi connectivity index (χ3n) is 2.81. The lowest BCUT2D eigenvalue weighted by molar-refractivity contribution is -0.118. The zero-order valence-corrected chi connectivity index (χ0v) is 12.5. The second kappa shape index (κ2) is 7.04. The van der Waals surface area contributed by atoms with Crippen LogP contribution in [0.1, 0.15) is 17.3 Å². The van der Waals surface area contributed by atoms with Crippen molar-refractivity contribution in [1.29, 1.82) is 0 Å². The number of ketones is 1. The van der Waals surface area contributed by atoms with Gasteiger partial charge in [-0.2, -0.15) is 0 Å². The number of carbonyl (C=O) groups excluding carboxylic acids is 2. The highest BCUT2D eigenvalue weighted by atomic mass is 35.5. The smallest absolute Gasteiger partial charge is 0.262 e. The molecule has 4 nitrogen and oxygen atoms in total. The Kier molecular flexibility index (Phi) is 5.12. The lowest BCUT2D eigenvalue weighted by Gasteiger charge is -2.08. The quantitative estimate of drug-likeness (QED) is 0.854. The van der Waals surface area contributed by atoms with Crippen LogP contribution in [-0.2, 0) is 4.79 Å². The molecule has 0 bridgehead atoms. The summed E-state index contributed by atoms with van der Waals surface area (Å²) in [5, 5.41) is 2.53. The molecule has 0 saturated heterocycles. The molecule has 0 aliphatic carbocycles. The van der Waals surface area contributed by atoms with Gasteiger partial charge in [-0.1, -0.05) is 23.7 Å². The highest BCUT2D eigenvalue weighted by Gasteiger charge is 2.07. The zero-order chi connectivity index (χ0) is 16.1. The molecule has 0 radical (unpaired) electrons. The average molecular weight is 322 g/mol. The highest BCUT2D eigenvalue weighted by molar-refractivity contribution is 6.30. The SMILES string of the molecule is CC(=O)c1cccc(NC(=O)COc2ccc(F)c(Cl)c2)c1. The Bertz CT molecular complexity index is 718. The van der Waals surface area contributed by atoms with E-state index in [9.17, 15) is 14.0 Å². The normalized spacial score (nSPS) is 10.1.